The number of aryl methyl sites for hydroxylation is 1. The number of benzene rings is 1. The summed E-state index contributed by atoms with van der Waals surface area (Å²) in [5.41, 5.74) is -0.802. The van der Waals surface area contributed by atoms with Crippen LogP contribution in [0.15, 0.2) is 18.2 Å². The highest BCUT2D eigenvalue weighted by Crippen LogP contribution is 2.24. The third-order valence-electron chi connectivity index (χ3n) is 3.93. The number of aliphatic carboxylic acids is 1. The van der Waals surface area contributed by atoms with Crippen molar-refractivity contribution in [2.75, 3.05) is 7.11 Å². The Morgan fingerprint density at radius 3 is 2.44 bits per heavy atom. The molecule has 0 aliphatic rings. The molecule has 2 N–H and O–H groups in total. The van der Waals surface area contributed by atoms with Gasteiger partial charge >= 0.3 is 11.9 Å². The molecule has 0 aliphatic carbocycles. The highest BCUT2D eigenvalue weighted by atomic mass is 16.5. The van der Waals surface area contributed by atoms with Crippen LogP contribution in [-0.4, -0.2) is 41.7 Å². The fourth-order valence-corrected chi connectivity index (χ4v) is 2.33. The molecule has 0 spiro atoms. The number of amides is 1. The average molecular weight is 351 g/mol. The van der Waals surface area contributed by atoms with Crippen molar-refractivity contribution in [3.8, 4) is 5.75 Å². The van der Waals surface area contributed by atoms with Crippen molar-refractivity contribution in [2.24, 2.45) is 0 Å². The molecule has 0 aliphatic heterocycles. The van der Waals surface area contributed by atoms with E-state index in [0.29, 0.717) is 17.7 Å². The minimum atomic E-state index is -2.20. The first kappa shape index (κ1) is 20.5. The fourth-order valence-electron chi connectivity index (χ4n) is 2.33. The van der Waals surface area contributed by atoms with Crippen LogP contribution in [0.4, 0.5) is 0 Å². The lowest BCUT2D eigenvalue weighted by Crippen LogP contribution is -2.62. The molecule has 7 nitrogen and oxygen atoms in total. The summed E-state index contributed by atoms with van der Waals surface area (Å²) in [5, 5.41) is 12.0. The molecule has 0 heterocycles. The van der Waals surface area contributed by atoms with E-state index in [4.69, 9.17) is 9.47 Å². The largest absolute Gasteiger partial charge is 0.496 e. The van der Waals surface area contributed by atoms with Crippen molar-refractivity contribution < 1.29 is 29.0 Å². The summed E-state index contributed by atoms with van der Waals surface area (Å²) in [5.74, 6) is -2.54. The van der Waals surface area contributed by atoms with E-state index in [1.807, 2.05) is 13.8 Å². The third-order valence-corrected chi connectivity index (χ3v) is 3.93. The number of carboxylic acid groups (broad SMARTS) is 1. The summed E-state index contributed by atoms with van der Waals surface area (Å²) in [7, 11) is 1.50. The molecule has 0 saturated heterocycles. The van der Waals surface area contributed by atoms with Crippen molar-refractivity contribution in [1.82, 2.24) is 5.32 Å². The molecule has 1 aromatic rings. The molecule has 0 aromatic heterocycles. The van der Waals surface area contributed by atoms with Gasteiger partial charge in [0.25, 0.3) is 0 Å². The smallest absolute Gasteiger partial charge is 0.344 e. The molecule has 138 valence electrons. The van der Waals surface area contributed by atoms with Crippen LogP contribution in [0.3, 0.4) is 0 Å². The number of rotatable bonds is 8. The molecule has 25 heavy (non-hydrogen) atoms. The van der Waals surface area contributed by atoms with Gasteiger partial charge in [-0.2, -0.15) is 0 Å². The highest BCUT2D eigenvalue weighted by molar-refractivity contribution is 6.07. The summed E-state index contributed by atoms with van der Waals surface area (Å²) in [6, 6.07) is 5.09. The lowest BCUT2D eigenvalue weighted by atomic mass is 9.89. The summed E-state index contributed by atoms with van der Waals surface area (Å²) >= 11 is 0. The zero-order valence-electron chi connectivity index (χ0n) is 15.2. The van der Waals surface area contributed by atoms with E-state index >= 15 is 0 Å². The van der Waals surface area contributed by atoms with E-state index in [1.54, 1.807) is 25.1 Å². The van der Waals surface area contributed by atoms with Crippen molar-refractivity contribution in [3.63, 3.8) is 0 Å². The van der Waals surface area contributed by atoms with E-state index in [1.165, 1.54) is 7.11 Å². The van der Waals surface area contributed by atoms with Crippen molar-refractivity contribution >= 4 is 17.8 Å². The Balaban J connectivity index is 3.31. The zero-order chi connectivity index (χ0) is 19.2. The number of hydrogen-bond acceptors (Lipinski definition) is 5. The van der Waals surface area contributed by atoms with Crippen LogP contribution in [-0.2, 0) is 25.5 Å². The number of ether oxygens (including phenoxy) is 2. The van der Waals surface area contributed by atoms with Crippen LogP contribution in [0.2, 0.25) is 0 Å². The number of hydrogen-bond donors (Lipinski definition) is 2. The third kappa shape index (κ3) is 4.95. The van der Waals surface area contributed by atoms with Crippen LogP contribution in [0, 0.1) is 6.92 Å². The molecule has 7 heteroatoms. The molecule has 0 fully saturated rings. The van der Waals surface area contributed by atoms with Gasteiger partial charge in [0.15, 0.2) is 0 Å². The Morgan fingerprint density at radius 2 is 1.96 bits per heavy atom. The average Bonchev–Trinajstić information content (AvgIpc) is 2.54. The first-order valence-corrected chi connectivity index (χ1v) is 8.03. The quantitative estimate of drug-likeness (QED) is 0.547. The Labute approximate surface area is 147 Å². The topological polar surface area (TPSA) is 102 Å². The molecular weight excluding hydrogens is 326 g/mol. The summed E-state index contributed by atoms with van der Waals surface area (Å²) in [6.45, 7) is 6.47. The fraction of sp³-hybridized carbons (Fsp3) is 0.500. The molecule has 1 rings (SSSR count). The monoisotopic (exact) mass is 351 g/mol. The Hall–Kier alpha value is -2.57. The minimum Gasteiger partial charge on any atom is -0.496 e. The number of carboxylic acids is 1. The van der Waals surface area contributed by atoms with Crippen molar-refractivity contribution in [2.45, 2.75) is 52.2 Å². The van der Waals surface area contributed by atoms with E-state index in [2.05, 4.69) is 5.32 Å². The van der Waals surface area contributed by atoms with Gasteiger partial charge in [0, 0.05) is 13.3 Å². The first-order chi connectivity index (χ1) is 11.7. The van der Waals surface area contributed by atoms with Crippen molar-refractivity contribution in [1.29, 1.82) is 0 Å². The second kappa shape index (κ2) is 8.50. The van der Waals surface area contributed by atoms with E-state index < -0.39 is 29.5 Å². The second-order valence-electron chi connectivity index (χ2n) is 6.00. The Kier molecular flexibility index (Phi) is 6.97. The number of nitrogens with one attached hydrogen (secondary N) is 1. The molecular formula is C18H25NO6. The lowest BCUT2D eigenvalue weighted by molar-refractivity contribution is -0.168. The number of carbonyl (C=O) groups excluding carboxylic acids is 2. The zero-order valence-corrected chi connectivity index (χ0v) is 15.2. The van der Waals surface area contributed by atoms with Crippen LogP contribution >= 0.6 is 0 Å². The normalized spacial score (nSPS) is 14.1. The van der Waals surface area contributed by atoms with E-state index in [-0.39, 0.29) is 6.42 Å². The first-order valence-electron chi connectivity index (χ1n) is 8.03. The molecule has 0 saturated carbocycles. The molecule has 0 bridgehead atoms. The van der Waals surface area contributed by atoms with Crippen LogP contribution in [0.1, 0.15) is 38.3 Å². The summed E-state index contributed by atoms with van der Waals surface area (Å²) in [4.78, 5) is 36.1. The van der Waals surface area contributed by atoms with Crippen LogP contribution in [0.25, 0.3) is 0 Å². The predicted octanol–water partition coefficient (Wildman–Crippen LogP) is 1.85. The maximum Gasteiger partial charge on any atom is 0.344 e. The lowest BCUT2D eigenvalue weighted by Gasteiger charge is -2.29. The minimum absolute atomic E-state index is 0.256. The Bertz CT molecular complexity index is 657. The standard InChI is InChI=1S/C18H25NO6/c1-6-12(3)25-17(23)18(16(21)22,19-13(4)20)10-14-8-7-11(2)15(9-14)24-5/h7-9,12H,6,10H2,1-5H3,(H,19,20)(H,21,22). The summed E-state index contributed by atoms with van der Waals surface area (Å²) < 4.78 is 10.4. The molecule has 2 unspecified atom stereocenters. The highest BCUT2D eigenvalue weighted by Gasteiger charge is 2.49. The number of carbonyl (C=O) groups is 3. The van der Waals surface area contributed by atoms with Gasteiger partial charge in [-0.25, -0.2) is 9.59 Å². The number of esters is 1. The van der Waals surface area contributed by atoms with Gasteiger partial charge in [-0.3, -0.25) is 4.79 Å². The maximum atomic E-state index is 12.6. The predicted molar refractivity (Wildman–Crippen MR) is 91.5 cm³/mol. The van der Waals surface area contributed by atoms with Gasteiger partial charge in [0.1, 0.15) is 5.75 Å². The molecule has 0 radical (unpaired) electrons. The van der Waals surface area contributed by atoms with Gasteiger partial charge in [0.05, 0.1) is 13.2 Å². The van der Waals surface area contributed by atoms with Crippen LogP contribution < -0.4 is 10.1 Å². The SMILES string of the molecule is CCC(C)OC(=O)C(Cc1ccc(C)c(OC)c1)(NC(C)=O)C(=O)O. The number of methoxy groups -OCH3 is 1. The van der Waals surface area contributed by atoms with Gasteiger partial charge in [0.2, 0.25) is 11.4 Å². The molecule has 1 aromatic carbocycles. The molecule has 1 amide bonds. The maximum absolute atomic E-state index is 12.6. The second-order valence-corrected chi connectivity index (χ2v) is 6.00. The van der Waals surface area contributed by atoms with Crippen molar-refractivity contribution in [3.05, 3.63) is 29.3 Å². The molecule has 2 atom stereocenters. The van der Waals surface area contributed by atoms with Gasteiger partial charge in [-0.1, -0.05) is 19.1 Å². The van der Waals surface area contributed by atoms with Gasteiger partial charge < -0.3 is 19.9 Å². The van der Waals surface area contributed by atoms with E-state index in [9.17, 15) is 19.5 Å². The van der Waals surface area contributed by atoms with Gasteiger partial charge in [-0.15, -0.1) is 0 Å². The van der Waals surface area contributed by atoms with Gasteiger partial charge in [-0.05, 0) is 37.5 Å². The van der Waals surface area contributed by atoms with E-state index in [0.717, 1.165) is 12.5 Å². The van der Waals surface area contributed by atoms with Crippen LogP contribution in [0.5, 0.6) is 5.75 Å². The summed E-state index contributed by atoms with van der Waals surface area (Å²) in [6.07, 6.45) is -0.194. The Morgan fingerprint density at radius 1 is 1.32 bits per heavy atom.